The number of hydrogen-bond donors (Lipinski definition) is 1. The number of anilines is 1. The number of rotatable bonds is 4. The Morgan fingerprint density at radius 1 is 1.04 bits per heavy atom. The van der Waals surface area contributed by atoms with Crippen LogP contribution in [0.5, 0.6) is 11.5 Å². The SMILES string of the molecule is O=C(Nc1ccccc1Oc1ccccc1)C1CCS(=O)(=O)C1. The maximum atomic E-state index is 12.3. The highest BCUT2D eigenvalue weighted by Gasteiger charge is 2.33. The van der Waals surface area contributed by atoms with Gasteiger partial charge in [-0.05, 0) is 30.7 Å². The Morgan fingerprint density at radius 3 is 2.43 bits per heavy atom. The second-order valence-corrected chi connectivity index (χ2v) is 7.73. The zero-order chi connectivity index (χ0) is 16.3. The van der Waals surface area contributed by atoms with E-state index in [0.717, 1.165) is 0 Å². The molecule has 2 aromatic carbocycles. The number of carbonyl (C=O) groups excluding carboxylic acids is 1. The number of sulfone groups is 1. The number of amides is 1. The Balaban J connectivity index is 1.74. The average Bonchev–Trinajstić information content (AvgIpc) is 2.90. The van der Waals surface area contributed by atoms with E-state index in [1.807, 2.05) is 36.4 Å². The molecule has 0 saturated carbocycles. The highest BCUT2D eigenvalue weighted by atomic mass is 32.2. The van der Waals surface area contributed by atoms with Crippen molar-refractivity contribution in [3.05, 3.63) is 54.6 Å². The average molecular weight is 331 g/mol. The molecule has 1 atom stereocenters. The van der Waals surface area contributed by atoms with E-state index in [9.17, 15) is 13.2 Å². The van der Waals surface area contributed by atoms with E-state index in [2.05, 4.69) is 5.32 Å². The molecule has 2 aromatic rings. The van der Waals surface area contributed by atoms with Crippen LogP contribution in [0.3, 0.4) is 0 Å². The van der Waals surface area contributed by atoms with Gasteiger partial charge in [0.25, 0.3) is 0 Å². The molecule has 1 unspecified atom stereocenters. The summed E-state index contributed by atoms with van der Waals surface area (Å²) >= 11 is 0. The maximum Gasteiger partial charge on any atom is 0.228 e. The Kier molecular flexibility index (Phi) is 4.34. The fraction of sp³-hybridized carbons (Fsp3) is 0.235. The molecule has 5 nitrogen and oxygen atoms in total. The van der Waals surface area contributed by atoms with E-state index in [0.29, 0.717) is 23.6 Å². The van der Waals surface area contributed by atoms with Gasteiger partial charge in [-0.2, -0.15) is 0 Å². The number of hydrogen-bond acceptors (Lipinski definition) is 4. The Hall–Kier alpha value is -2.34. The molecule has 1 aliphatic rings. The van der Waals surface area contributed by atoms with Crippen LogP contribution in [-0.2, 0) is 14.6 Å². The van der Waals surface area contributed by atoms with Gasteiger partial charge >= 0.3 is 0 Å². The van der Waals surface area contributed by atoms with Crippen LogP contribution in [0, 0.1) is 5.92 Å². The van der Waals surface area contributed by atoms with Gasteiger partial charge in [0.05, 0.1) is 23.1 Å². The van der Waals surface area contributed by atoms with Gasteiger partial charge in [-0.25, -0.2) is 8.42 Å². The number of carbonyl (C=O) groups is 1. The first-order valence-corrected chi connectivity index (χ1v) is 9.19. The molecular formula is C17H17NO4S. The molecule has 120 valence electrons. The molecule has 1 N–H and O–H groups in total. The highest BCUT2D eigenvalue weighted by molar-refractivity contribution is 7.91. The smallest absolute Gasteiger partial charge is 0.228 e. The first kappa shape index (κ1) is 15.6. The molecule has 0 aliphatic carbocycles. The van der Waals surface area contributed by atoms with Crippen LogP contribution in [0.25, 0.3) is 0 Å². The standard InChI is InChI=1S/C17H17NO4S/c19-17(13-10-11-23(20,21)12-13)18-15-8-4-5-9-16(15)22-14-6-2-1-3-7-14/h1-9,13H,10-12H2,(H,18,19). The van der Waals surface area contributed by atoms with Crippen LogP contribution in [-0.4, -0.2) is 25.8 Å². The van der Waals surface area contributed by atoms with Gasteiger partial charge in [0.1, 0.15) is 5.75 Å². The molecule has 6 heteroatoms. The lowest BCUT2D eigenvalue weighted by Crippen LogP contribution is -2.23. The van der Waals surface area contributed by atoms with E-state index in [1.165, 1.54) is 0 Å². The minimum atomic E-state index is -3.08. The third kappa shape index (κ3) is 3.90. The second kappa shape index (κ2) is 6.42. The number of ether oxygens (including phenoxy) is 1. The first-order chi connectivity index (χ1) is 11.0. The predicted molar refractivity (Wildman–Crippen MR) is 88.3 cm³/mol. The van der Waals surface area contributed by atoms with Crippen LogP contribution in [0.4, 0.5) is 5.69 Å². The summed E-state index contributed by atoms with van der Waals surface area (Å²) in [5.74, 6) is 0.402. The third-order valence-corrected chi connectivity index (χ3v) is 5.49. The summed E-state index contributed by atoms with van der Waals surface area (Å²) in [5, 5.41) is 2.78. The molecule has 1 amide bonds. The van der Waals surface area contributed by atoms with Crippen molar-refractivity contribution < 1.29 is 17.9 Å². The predicted octanol–water partition coefficient (Wildman–Crippen LogP) is 2.85. The molecule has 1 fully saturated rings. The summed E-state index contributed by atoms with van der Waals surface area (Å²) in [6, 6.07) is 16.4. The van der Waals surface area contributed by atoms with E-state index >= 15 is 0 Å². The lowest BCUT2D eigenvalue weighted by Gasteiger charge is -2.14. The van der Waals surface area contributed by atoms with Crippen LogP contribution in [0.2, 0.25) is 0 Å². The fourth-order valence-electron chi connectivity index (χ4n) is 2.51. The molecule has 0 aromatic heterocycles. The number of para-hydroxylation sites is 3. The second-order valence-electron chi connectivity index (χ2n) is 5.50. The molecule has 3 rings (SSSR count). The maximum absolute atomic E-state index is 12.3. The summed E-state index contributed by atoms with van der Waals surface area (Å²) < 4.78 is 28.8. The summed E-state index contributed by atoms with van der Waals surface area (Å²) in [7, 11) is -3.08. The zero-order valence-electron chi connectivity index (χ0n) is 12.4. The molecule has 0 spiro atoms. The molecular weight excluding hydrogens is 314 g/mol. The number of benzene rings is 2. The van der Waals surface area contributed by atoms with Gasteiger partial charge in [0.2, 0.25) is 5.91 Å². The largest absolute Gasteiger partial charge is 0.455 e. The zero-order valence-corrected chi connectivity index (χ0v) is 13.3. The van der Waals surface area contributed by atoms with Crippen LogP contribution < -0.4 is 10.1 Å². The van der Waals surface area contributed by atoms with E-state index in [-0.39, 0.29) is 17.4 Å². The van der Waals surface area contributed by atoms with Gasteiger partial charge in [-0.15, -0.1) is 0 Å². The van der Waals surface area contributed by atoms with Crippen molar-refractivity contribution >= 4 is 21.4 Å². The van der Waals surface area contributed by atoms with Crippen molar-refractivity contribution in [3.63, 3.8) is 0 Å². The highest BCUT2D eigenvalue weighted by Crippen LogP contribution is 2.30. The molecule has 23 heavy (non-hydrogen) atoms. The van der Waals surface area contributed by atoms with Gasteiger partial charge in [-0.1, -0.05) is 30.3 Å². The lowest BCUT2D eigenvalue weighted by atomic mass is 10.1. The van der Waals surface area contributed by atoms with E-state index in [4.69, 9.17) is 4.74 Å². The van der Waals surface area contributed by atoms with Gasteiger partial charge in [0.15, 0.2) is 15.6 Å². The van der Waals surface area contributed by atoms with E-state index < -0.39 is 15.8 Å². The Morgan fingerprint density at radius 2 is 1.74 bits per heavy atom. The monoisotopic (exact) mass is 331 g/mol. The van der Waals surface area contributed by atoms with Crippen molar-refractivity contribution in [2.45, 2.75) is 6.42 Å². The summed E-state index contributed by atoms with van der Waals surface area (Å²) in [4.78, 5) is 12.3. The molecule has 1 saturated heterocycles. The topological polar surface area (TPSA) is 72.5 Å². The van der Waals surface area contributed by atoms with Gasteiger partial charge < -0.3 is 10.1 Å². The third-order valence-electron chi connectivity index (χ3n) is 3.72. The van der Waals surface area contributed by atoms with Crippen LogP contribution >= 0.6 is 0 Å². The van der Waals surface area contributed by atoms with E-state index in [1.54, 1.807) is 18.2 Å². The van der Waals surface area contributed by atoms with Crippen LogP contribution in [0.1, 0.15) is 6.42 Å². The lowest BCUT2D eigenvalue weighted by molar-refractivity contribution is -0.119. The van der Waals surface area contributed by atoms with Crippen molar-refractivity contribution in [1.29, 1.82) is 0 Å². The summed E-state index contributed by atoms with van der Waals surface area (Å²) in [5.41, 5.74) is 0.533. The first-order valence-electron chi connectivity index (χ1n) is 7.37. The van der Waals surface area contributed by atoms with Gasteiger partial charge in [0, 0.05) is 0 Å². The minimum absolute atomic E-state index is 0.0766. The summed E-state index contributed by atoms with van der Waals surface area (Å²) in [6.07, 6.45) is 0.371. The Labute approximate surface area is 135 Å². The quantitative estimate of drug-likeness (QED) is 0.935. The van der Waals surface area contributed by atoms with Crippen molar-refractivity contribution in [1.82, 2.24) is 0 Å². The van der Waals surface area contributed by atoms with Crippen molar-refractivity contribution in [2.24, 2.45) is 5.92 Å². The van der Waals surface area contributed by atoms with Crippen molar-refractivity contribution in [2.75, 3.05) is 16.8 Å². The van der Waals surface area contributed by atoms with Crippen molar-refractivity contribution in [3.8, 4) is 11.5 Å². The Bertz CT molecular complexity index is 802. The van der Waals surface area contributed by atoms with Gasteiger partial charge in [-0.3, -0.25) is 4.79 Å². The number of nitrogens with one attached hydrogen (secondary N) is 1. The summed E-state index contributed by atoms with van der Waals surface area (Å²) in [6.45, 7) is 0. The van der Waals surface area contributed by atoms with Crippen LogP contribution in [0.15, 0.2) is 54.6 Å². The fourth-order valence-corrected chi connectivity index (χ4v) is 4.25. The minimum Gasteiger partial charge on any atom is -0.455 e. The molecule has 0 bridgehead atoms. The molecule has 0 radical (unpaired) electrons. The molecule has 1 aliphatic heterocycles. The molecule has 1 heterocycles. The normalized spacial score (nSPS) is 19.2.